The van der Waals surface area contributed by atoms with Gasteiger partial charge >= 0.3 is 0 Å². The van der Waals surface area contributed by atoms with E-state index in [0.29, 0.717) is 6.42 Å². The lowest BCUT2D eigenvalue weighted by molar-refractivity contribution is -0.122. The van der Waals surface area contributed by atoms with Crippen LogP contribution in [0.3, 0.4) is 0 Å². The number of rotatable bonds is 5. The summed E-state index contributed by atoms with van der Waals surface area (Å²) >= 11 is 0. The fraction of sp³-hybridized carbons (Fsp3) is 0.474. The summed E-state index contributed by atoms with van der Waals surface area (Å²) < 4.78 is 0. The number of nitrogens with two attached hydrogens (primary N) is 1. The zero-order chi connectivity index (χ0) is 16.2. The average Bonchev–Trinajstić information content (AvgIpc) is 2.55. The molecule has 0 fully saturated rings. The van der Waals surface area contributed by atoms with Gasteiger partial charge in [0, 0.05) is 28.8 Å². The topological polar surface area (TPSA) is 68.0 Å². The van der Waals surface area contributed by atoms with Gasteiger partial charge in [0.2, 0.25) is 5.91 Å². The lowest BCUT2D eigenvalue weighted by Crippen LogP contribution is -2.32. The van der Waals surface area contributed by atoms with Crippen LogP contribution in [0.25, 0.3) is 10.9 Å². The standard InChI is InChI=1S/C19H25N3O/c1-2-3-4-12-17(23)22-16-11-7-10-15-18(16)19(20)13-8-5-6-9-14(13)21-15/h5-6,8-9,16H,2-4,7,10-12H2,1H3,(H2,20,21)(H,22,23). The van der Waals surface area contributed by atoms with Crippen molar-refractivity contribution < 1.29 is 4.79 Å². The summed E-state index contributed by atoms with van der Waals surface area (Å²) in [6, 6.07) is 7.97. The third-order valence-electron chi connectivity index (χ3n) is 4.65. The minimum absolute atomic E-state index is 0.00461. The fourth-order valence-electron chi connectivity index (χ4n) is 3.45. The molecule has 1 aromatic carbocycles. The summed E-state index contributed by atoms with van der Waals surface area (Å²) in [5, 5.41) is 4.17. The maximum Gasteiger partial charge on any atom is 0.220 e. The molecule has 0 bridgehead atoms. The molecule has 0 saturated carbocycles. The van der Waals surface area contributed by atoms with Gasteiger partial charge in [0.1, 0.15) is 0 Å². The number of anilines is 1. The quantitative estimate of drug-likeness (QED) is 0.823. The molecule has 1 heterocycles. The number of fused-ring (bicyclic) bond motifs is 2. The second kappa shape index (κ2) is 6.99. The highest BCUT2D eigenvalue weighted by molar-refractivity contribution is 5.92. The van der Waals surface area contributed by atoms with Crippen LogP contribution in [0.5, 0.6) is 0 Å². The van der Waals surface area contributed by atoms with E-state index >= 15 is 0 Å². The van der Waals surface area contributed by atoms with E-state index in [-0.39, 0.29) is 11.9 Å². The number of nitrogens with zero attached hydrogens (tertiary/aromatic N) is 1. The zero-order valence-corrected chi connectivity index (χ0v) is 13.8. The number of amides is 1. The minimum atomic E-state index is 0.00461. The van der Waals surface area contributed by atoms with Gasteiger partial charge < -0.3 is 11.1 Å². The Balaban J connectivity index is 1.86. The van der Waals surface area contributed by atoms with E-state index in [0.717, 1.165) is 66.4 Å². The van der Waals surface area contributed by atoms with E-state index in [1.54, 1.807) is 0 Å². The van der Waals surface area contributed by atoms with E-state index in [4.69, 9.17) is 10.7 Å². The van der Waals surface area contributed by atoms with Crippen molar-refractivity contribution in [2.75, 3.05) is 5.73 Å². The van der Waals surface area contributed by atoms with Crippen LogP contribution in [0.4, 0.5) is 5.69 Å². The summed E-state index contributed by atoms with van der Waals surface area (Å²) in [5.41, 5.74) is 10.2. The monoisotopic (exact) mass is 311 g/mol. The van der Waals surface area contributed by atoms with E-state index in [1.807, 2.05) is 24.3 Å². The summed E-state index contributed by atoms with van der Waals surface area (Å²) in [4.78, 5) is 17.0. The van der Waals surface area contributed by atoms with Crippen LogP contribution < -0.4 is 11.1 Å². The van der Waals surface area contributed by atoms with Crippen molar-refractivity contribution in [3.05, 3.63) is 35.5 Å². The van der Waals surface area contributed by atoms with Gasteiger partial charge in [0.25, 0.3) is 0 Å². The average molecular weight is 311 g/mol. The SMILES string of the molecule is CCCCCC(=O)NC1CCCc2nc3ccccc3c(N)c21. The number of pyridine rings is 1. The summed E-state index contributed by atoms with van der Waals surface area (Å²) in [6.45, 7) is 2.15. The molecule has 122 valence electrons. The van der Waals surface area contributed by atoms with Crippen LogP contribution in [0.2, 0.25) is 0 Å². The Hall–Kier alpha value is -2.10. The van der Waals surface area contributed by atoms with Crippen LogP contribution in [-0.4, -0.2) is 10.9 Å². The number of aromatic nitrogens is 1. The number of nitrogen functional groups attached to an aromatic ring is 1. The fourth-order valence-corrected chi connectivity index (χ4v) is 3.45. The van der Waals surface area contributed by atoms with Gasteiger partial charge in [-0.1, -0.05) is 38.0 Å². The van der Waals surface area contributed by atoms with E-state index in [2.05, 4.69) is 12.2 Å². The summed E-state index contributed by atoms with van der Waals surface area (Å²) in [6.07, 6.45) is 6.69. The van der Waals surface area contributed by atoms with Gasteiger partial charge in [-0.25, -0.2) is 0 Å². The van der Waals surface area contributed by atoms with Crippen molar-refractivity contribution in [2.24, 2.45) is 0 Å². The van der Waals surface area contributed by atoms with Crippen LogP contribution in [0.15, 0.2) is 24.3 Å². The first-order valence-electron chi connectivity index (χ1n) is 8.67. The molecule has 4 heteroatoms. The molecular formula is C19H25N3O. The van der Waals surface area contributed by atoms with Crippen molar-refractivity contribution in [2.45, 2.75) is 57.9 Å². The first-order chi connectivity index (χ1) is 11.2. The van der Waals surface area contributed by atoms with E-state index in [9.17, 15) is 4.79 Å². The Morgan fingerprint density at radius 2 is 2.17 bits per heavy atom. The largest absolute Gasteiger partial charge is 0.398 e. The van der Waals surface area contributed by atoms with Crippen molar-refractivity contribution in [3.63, 3.8) is 0 Å². The number of unbranched alkanes of at least 4 members (excludes halogenated alkanes) is 2. The second-order valence-electron chi connectivity index (χ2n) is 6.37. The Kier molecular flexibility index (Phi) is 4.79. The highest BCUT2D eigenvalue weighted by Gasteiger charge is 2.26. The van der Waals surface area contributed by atoms with Gasteiger partial charge in [-0.3, -0.25) is 9.78 Å². The molecule has 1 amide bonds. The number of carbonyl (C=O) groups is 1. The molecule has 0 saturated heterocycles. The molecule has 1 atom stereocenters. The zero-order valence-electron chi connectivity index (χ0n) is 13.8. The van der Waals surface area contributed by atoms with Crippen molar-refractivity contribution in [1.29, 1.82) is 0 Å². The Bertz CT molecular complexity index is 711. The molecule has 1 aliphatic carbocycles. The van der Waals surface area contributed by atoms with Crippen LogP contribution >= 0.6 is 0 Å². The third-order valence-corrected chi connectivity index (χ3v) is 4.65. The van der Waals surface area contributed by atoms with Crippen molar-refractivity contribution >= 4 is 22.5 Å². The second-order valence-corrected chi connectivity index (χ2v) is 6.37. The Morgan fingerprint density at radius 3 is 3.00 bits per heavy atom. The maximum absolute atomic E-state index is 12.2. The number of para-hydroxylation sites is 1. The number of nitrogens with one attached hydrogen (secondary N) is 1. The van der Waals surface area contributed by atoms with Gasteiger partial charge in [0.15, 0.2) is 0 Å². The normalized spacial score (nSPS) is 17.0. The van der Waals surface area contributed by atoms with Crippen LogP contribution in [0, 0.1) is 0 Å². The van der Waals surface area contributed by atoms with Crippen molar-refractivity contribution in [1.82, 2.24) is 10.3 Å². The number of hydrogen-bond donors (Lipinski definition) is 2. The molecule has 3 rings (SSSR count). The molecule has 4 nitrogen and oxygen atoms in total. The molecule has 23 heavy (non-hydrogen) atoms. The highest BCUT2D eigenvalue weighted by atomic mass is 16.1. The van der Waals surface area contributed by atoms with Crippen LogP contribution in [0.1, 0.15) is 62.7 Å². The molecule has 1 unspecified atom stereocenters. The van der Waals surface area contributed by atoms with Crippen molar-refractivity contribution in [3.8, 4) is 0 Å². The summed E-state index contributed by atoms with van der Waals surface area (Å²) in [5.74, 6) is 0.129. The van der Waals surface area contributed by atoms with Gasteiger partial charge in [-0.15, -0.1) is 0 Å². The number of aryl methyl sites for hydroxylation is 1. The lowest BCUT2D eigenvalue weighted by atomic mass is 9.88. The first-order valence-corrected chi connectivity index (χ1v) is 8.67. The Morgan fingerprint density at radius 1 is 1.35 bits per heavy atom. The molecule has 0 spiro atoms. The maximum atomic E-state index is 12.2. The third kappa shape index (κ3) is 3.31. The number of benzene rings is 1. The number of carbonyl (C=O) groups excluding carboxylic acids is 1. The number of hydrogen-bond acceptors (Lipinski definition) is 3. The molecular weight excluding hydrogens is 286 g/mol. The minimum Gasteiger partial charge on any atom is -0.398 e. The lowest BCUT2D eigenvalue weighted by Gasteiger charge is -2.28. The van der Waals surface area contributed by atoms with Crippen LogP contribution in [-0.2, 0) is 11.2 Å². The molecule has 0 radical (unpaired) electrons. The Labute approximate surface area is 137 Å². The summed E-state index contributed by atoms with van der Waals surface area (Å²) in [7, 11) is 0. The van der Waals surface area contributed by atoms with Gasteiger partial charge in [-0.2, -0.15) is 0 Å². The highest BCUT2D eigenvalue weighted by Crippen LogP contribution is 2.36. The molecule has 1 aliphatic rings. The molecule has 1 aromatic heterocycles. The van der Waals surface area contributed by atoms with Gasteiger partial charge in [0.05, 0.1) is 11.6 Å². The molecule has 3 N–H and O–H groups in total. The van der Waals surface area contributed by atoms with E-state index in [1.165, 1.54) is 0 Å². The molecule has 0 aliphatic heterocycles. The van der Waals surface area contributed by atoms with Gasteiger partial charge in [-0.05, 0) is 31.7 Å². The predicted molar refractivity (Wildman–Crippen MR) is 94.1 cm³/mol. The smallest absolute Gasteiger partial charge is 0.220 e. The molecule has 2 aromatic rings. The van der Waals surface area contributed by atoms with E-state index < -0.39 is 0 Å². The first kappa shape index (κ1) is 15.8. The predicted octanol–water partition coefficient (Wildman–Crippen LogP) is 3.89.